The third kappa shape index (κ3) is 3.85. The van der Waals surface area contributed by atoms with E-state index in [9.17, 15) is 14.0 Å². The standard InChI is InChI=1S/C17H12BrFN2O2S/c18-12-3-7-14(8-4-12)20-10-21-16(22)15(24-17(21)23)9-11-1-5-13(19)6-2-11/h1-9,20H,10H2/b15-9-. The summed E-state index contributed by atoms with van der Waals surface area (Å²) in [5, 5.41) is 2.70. The van der Waals surface area contributed by atoms with Gasteiger partial charge in [-0.1, -0.05) is 28.1 Å². The van der Waals surface area contributed by atoms with E-state index in [0.29, 0.717) is 10.5 Å². The molecule has 1 aliphatic rings. The molecule has 0 radical (unpaired) electrons. The van der Waals surface area contributed by atoms with Crippen molar-refractivity contribution in [1.29, 1.82) is 0 Å². The van der Waals surface area contributed by atoms with Crippen LogP contribution in [0.15, 0.2) is 57.9 Å². The van der Waals surface area contributed by atoms with Gasteiger partial charge in [-0.3, -0.25) is 14.5 Å². The van der Waals surface area contributed by atoms with Gasteiger partial charge in [0.05, 0.1) is 11.6 Å². The minimum Gasteiger partial charge on any atom is -0.367 e. The highest BCUT2D eigenvalue weighted by molar-refractivity contribution is 9.10. The van der Waals surface area contributed by atoms with Crippen LogP contribution in [0.4, 0.5) is 14.9 Å². The van der Waals surface area contributed by atoms with Crippen molar-refractivity contribution in [2.45, 2.75) is 0 Å². The van der Waals surface area contributed by atoms with Crippen molar-refractivity contribution < 1.29 is 14.0 Å². The number of benzene rings is 2. The van der Waals surface area contributed by atoms with Crippen molar-refractivity contribution in [1.82, 2.24) is 4.90 Å². The maximum absolute atomic E-state index is 12.9. The van der Waals surface area contributed by atoms with E-state index in [1.165, 1.54) is 12.1 Å². The fraction of sp³-hybridized carbons (Fsp3) is 0.0588. The molecule has 0 atom stereocenters. The van der Waals surface area contributed by atoms with Crippen LogP contribution in [-0.4, -0.2) is 22.7 Å². The summed E-state index contributed by atoms with van der Waals surface area (Å²) in [5.41, 5.74) is 1.47. The lowest BCUT2D eigenvalue weighted by atomic mass is 10.2. The molecule has 0 bridgehead atoms. The first-order chi connectivity index (χ1) is 11.5. The maximum Gasteiger partial charge on any atom is 0.295 e. The van der Waals surface area contributed by atoms with Crippen LogP contribution in [0.1, 0.15) is 5.56 Å². The predicted octanol–water partition coefficient (Wildman–Crippen LogP) is 4.69. The van der Waals surface area contributed by atoms with Gasteiger partial charge in [-0.2, -0.15) is 0 Å². The number of imide groups is 1. The zero-order valence-electron chi connectivity index (χ0n) is 12.3. The first kappa shape index (κ1) is 16.7. The summed E-state index contributed by atoms with van der Waals surface area (Å²) in [5.74, 6) is -0.710. The molecule has 1 saturated heterocycles. The molecule has 7 heteroatoms. The van der Waals surface area contributed by atoms with Gasteiger partial charge in [0.25, 0.3) is 11.1 Å². The summed E-state index contributed by atoms with van der Waals surface area (Å²) in [4.78, 5) is 25.9. The maximum atomic E-state index is 12.9. The van der Waals surface area contributed by atoms with Gasteiger partial charge >= 0.3 is 0 Å². The van der Waals surface area contributed by atoms with Crippen LogP contribution in [-0.2, 0) is 4.79 Å². The molecule has 1 N–H and O–H groups in total. The quantitative estimate of drug-likeness (QED) is 0.747. The predicted molar refractivity (Wildman–Crippen MR) is 96.8 cm³/mol. The second-order valence-corrected chi connectivity index (χ2v) is 6.91. The first-order valence-corrected chi connectivity index (χ1v) is 8.64. The van der Waals surface area contributed by atoms with Crippen molar-refractivity contribution in [2.75, 3.05) is 12.0 Å². The van der Waals surface area contributed by atoms with Gasteiger partial charge < -0.3 is 5.32 Å². The lowest BCUT2D eigenvalue weighted by Gasteiger charge is -2.14. The van der Waals surface area contributed by atoms with Crippen LogP contribution in [0.25, 0.3) is 6.08 Å². The number of anilines is 1. The number of nitrogens with one attached hydrogen (secondary N) is 1. The van der Waals surface area contributed by atoms with E-state index >= 15 is 0 Å². The average molecular weight is 407 g/mol. The van der Waals surface area contributed by atoms with Gasteiger partial charge in [-0.05, 0) is 59.8 Å². The molecule has 4 nitrogen and oxygen atoms in total. The Kier molecular flexibility index (Phi) is 5.01. The minimum absolute atomic E-state index is 0.0903. The number of halogens is 2. The molecule has 0 unspecified atom stereocenters. The molecule has 24 heavy (non-hydrogen) atoms. The molecule has 3 rings (SSSR count). The first-order valence-electron chi connectivity index (χ1n) is 7.03. The minimum atomic E-state index is -0.362. The molecule has 1 heterocycles. The molecule has 2 amide bonds. The summed E-state index contributed by atoms with van der Waals surface area (Å²) in [6.45, 7) is 0.0903. The molecule has 1 fully saturated rings. The van der Waals surface area contributed by atoms with Crippen molar-refractivity contribution in [3.05, 3.63) is 69.3 Å². The summed E-state index contributed by atoms with van der Waals surface area (Å²) >= 11 is 4.22. The van der Waals surface area contributed by atoms with Crippen molar-refractivity contribution in [2.24, 2.45) is 0 Å². The lowest BCUT2D eigenvalue weighted by Crippen LogP contribution is -2.33. The van der Waals surface area contributed by atoms with Gasteiger partial charge in [-0.15, -0.1) is 0 Å². The van der Waals surface area contributed by atoms with Crippen molar-refractivity contribution >= 4 is 50.6 Å². The Hall–Kier alpha value is -2.12. The molecular weight excluding hydrogens is 395 g/mol. The number of hydrogen-bond acceptors (Lipinski definition) is 4. The summed E-state index contributed by atoms with van der Waals surface area (Å²) < 4.78 is 13.9. The topological polar surface area (TPSA) is 49.4 Å². The molecule has 0 aliphatic carbocycles. The van der Waals surface area contributed by atoms with Gasteiger partial charge in [0.15, 0.2) is 0 Å². The second kappa shape index (κ2) is 7.19. The van der Waals surface area contributed by atoms with E-state index in [2.05, 4.69) is 21.2 Å². The molecule has 0 saturated carbocycles. The van der Waals surface area contributed by atoms with Crippen LogP contribution in [0, 0.1) is 5.82 Å². The van der Waals surface area contributed by atoms with Crippen molar-refractivity contribution in [3.63, 3.8) is 0 Å². The van der Waals surface area contributed by atoms with Crippen LogP contribution in [0.2, 0.25) is 0 Å². The average Bonchev–Trinajstić information content (AvgIpc) is 2.83. The smallest absolute Gasteiger partial charge is 0.295 e. The Morgan fingerprint density at radius 3 is 2.42 bits per heavy atom. The largest absolute Gasteiger partial charge is 0.367 e. The highest BCUT2D eigenvalue weighted by Gasteiger charge is 2.34. The molecule has 2 aromatic rings. The fourth-order valence-electron chi connectivity index (χ4n) is 2.08. The molecule has 1 aliphatic heterocycles. The van der Waals surface area contributed by atoms with E-state index in [1.807, 2.05) is 24.3 Å². The van der Waals surface area contributed by atoms with Gasteiger partial charge in [0.2, 0.25) is 0 Å². The Labute approximate surface area is 150 Å². The number of hydrogen-bond donors (Lipinski definition) is 1. The molecular formula is C17H12BrFN2O2S. The molecule has 122 valence electrons. The number of thioether (sulfide) groups is 1. The Balaban J connectivity index is 1.69. The highest BCUT2D eigenvalue weighted by atomic mass is 79.9. The highest BCUT2D eigenvalue weighted by Crippen LogP contribution is 2.32. The Morgan fingerprint density at radius 2 is 1.75 bits per heavy atom. The zero-order valence-corrected chi connectivity index (χ0v) is 14.7. The van der Waals surface area contributed by atoms with Gasteiger partial charge in [0.1, 0.15) is 5.82 Å². The van der Waals surface area contributed by atoms with E-state index in [4.69, 9.17) is 0 Å². The fourth-order valence-corrected chi connectivity index (χ4v) is 3.19. The number of amides is 2. The molecule has 0 aromatic heterocycles. The third-order valence-electron chi connectivity index (χ3n) is 3.33. The van der Waals surface area contributed by atoms with Crippen LogP contribution < -0.4 is 5.32 Å². The zero-order chi connectivity index (χ0) is 17.1. The molecule has 2 aromatic carbocycles. The monoisotopic (exact) mass is 406 g/mol. The Bertz CT molecular complexity index is 806. The van der Waals surface area contributed by atoms with Gasteiger partial charge in [-0.25, -0.2) is 4.39 Å². The number of carbonyl (C=O) groups is 2. The SMILES string of the molecule is O=C1S/C(=C\c2ccc(F)cc2)C(=O)N1CNc1ccc(Br)cc1. The summed E-state index contributed by atoms with van der Waals surface area (Å²) in [7, 11) is 0. The lowest BCUT2D eigenvalue weighted by molar-refractivity contribution is -0.122. The van der Waals surface area contributed by atoms with Crippen molar-refractivity contribution in [3.8, 4) is 0 Å². The van der Waals surface area contributed by atoms with E-state index in [1.54, 1.807) is 18.2 Å². The number of rotatable bonds is 4. The summed E-state index contributed by atoms with van der Waals surface area (Å²) in [6.07, 6.45) is 1.59. The van der Waals surface area contributed by atoms with Crippen LogP contribution in [0.5, 0.6) is 0 Å². The van der Waals surface area contributed by atoms with E-state index in [0.717, 1.165) is 26.8 Å². The third-order valence-corrected chi connectivity index (χ3v) is 4.76. The van der Waals surface area contributed by atoms with Gasteiger partial charge in [0, 0.05) is 10.2 Å². The Morgan fingerprint density at radius 1 is 1.08 bits per heavy atom. The van der Waals surface area contributed by atoms with Crippen LogP contribution >= 0.6 is 27.7 Å². The number of carbonyl (C=O) groups excluding carboxylic acids is 2. The molecule has 0 spiro atoms. The number of nitrogens with zero attached hydrogens (tertiary/aromatic N) is 1. The van der Waals surface area contributed by atoms with Crippen LogP contribution in [0.3, 0.4) is 0 Å². The van der Waals surface area contributed by atoms with E-state index < -0.39 is 0 Å². The summed E-state index contributed by atoms with van der Waals surface area (Å²) in [6, 6.07) is 13.2. The second-order valence-electron chi connectivity index (χ2n) is 5.00. The normalized spacial score (nSPS) is 16.1. The van der Waals surface area contributed by atoms with E-state index in [-0.39, 0.29) is 23.6 Å².